The van der Waals surface area contributed by atoms with Gasteiger partial charge in [-0.25, -0.2) is 4.57 Å². The number of carbonyl (C=O) groups excluding carboxylic acids is 1. The molecule has 7 nitrogen and oxygen atoms in total. The van der Waals surface area contributed by atoms with Crippen LogP contribution in [0.5, 0.6) is 0 Å². The number of aliphatic hydroxyl groups is 1. The zero-order chi connectivity index (χ0) is 45.3. The van der Waals surface area contributed by atoms with Crippen molar-refractivity contribution >= 4 is 13.7 Å². The quantitative estimate of drug-likeness (QED) is 0.0275. The summed E-state index contributed by atoms with van der Waals surface area (Å²) >= 11 is 0. The predicted molar refractivity (Wildman–Crippen MR) is 269 cm³/mol. The fraction of sp³-hybridized carbons (Fsp3) is 0.944. The molecule has 1 amide bonds. The lowest BCUT2D eigenvalue weighted by molar-refractivity contribution is -0.123. The van der Waals surface area contributed by atoms with E-state index in [1.807, 2.05) is 6.08 Å². The van der Waals surface area contributed by atoms with E-state index >= 15 is 0 Å². The van der Waals surface area contributed by atoms with Gasteiger partial charge in [0.25, 0.3) is 0 Å². The first kappa shape index (κ1) is 61.3. The van der Waals surface area contributed by atoms with Gasteiger partial charge in [-0.3, -0.25) is 9.32 Å². The van der Waals surface area contributed by atoms with Crippen LogP contribution in [0.2, 0.25) is 0 Å². The third kappa shape index (κ3) is 50.3. The Labute approximate surface area is 386 Å². The largest absolute Gasteiger partial charge is 0.469 e. The summed E-state index contributed by atoms with van der Waals surface area (Å²) in [6.07, 6.45) is 63.0. The van der Waals surface area contributed by atoms with Crippen molar-refractivity contribution in [1.29, 1.82) is 0 Å². The summed E-state index contributed by atoms with van der Waals surface area (Å²) in [6.45, 7) is 4.10. The van der Waals surface area contributed by atoms with E-state index in [0.29, 0.717) is 6.42 Å². The Hall–Kier alpha value is -0.720. The Morgan fingerprint density at radius 3 is 0.984 bits per heavy atom. The van der Waals surface area contributed by atoms with Crippen LogP contribution in [0.15, 0.2) is 12.2 Å². The summed E-state index contributed by atoms with van der Waals surface area (Å²) in [7, 11) is -4.71. The summed E-state index contributed by atoms with van der Waals surface area (Å²) in [5, 5.41) is 13.4. The van der Waals surface area contributed by atoms with Crippen LogP contribution in [-0.4, -0.2) is 39.6 Å². The molecule has 0 spiro atoms. The van der Waals surface area contributed by atoms with Crippen LogP contribution in [0.3, 0.4) is 0 Å². The number of nitrogens with one attached hydrogen (secondary N) is 1. The number of phosphoric ester groups is 1. The summed E-state index contributed by atoms with van der Waals surface area (Å²) < 4.78 is 16.0. The molecule has 0 fully saturated rings. The minimum absolute atomic E-state index is 0.220. The molecule has 0 rings (SSSR count). The monoisotopic (exact) mass is 898 g/mol. The van der Waals surface area contributed by atoms with Gasteiger partial charge in [-0.2, -0.15) is 0 Å². The number of amides is 1. The van der Waals surface area contributed by atoms with Gasteiger partial charge in [0.15, 0.2) is 0 Å². The maximum Gasteiger partial charge on any atom is 0.469 e. The molecule has 0 heterocycles. The van der Waals surface area contributed by atoms with Crippen LogP contribution in [0.25, 0.3) is 0 Å². The molecule has 0 aliphatic heterocycles. The van der Waals surface area contributed by atoms with Crippen LogP contribution in [0.4, 0.5) is 0 Å². The summed E-state index contributed by atoms with van der Waals surface area (Å²) in [5.74, 6) is -0.220. The van der Waals surface area contributed by atoms with E-state index in [0.717, 1.165) is 38.5 Å². The number of rotatable bonds is 52. The third-order valence-corrected chi connectivity index (χ3v) is 13.5. The van der Waals surface area contributed by atoms with E-state index in [1.165, 1.54) is 250 Å². The Morgan fingerprint density at radius 2 is 0.710 bits per heavy atom. The fourth-order valence-electron chi connectivity index (χ4n) is 8.82. The normalized spacial score (nSPS) is 13.0. The lowest BCUT2D eigenvalue weighted by Gasteiger charge is -2.22. The highest BCUT2D eigenvalue weighted by Gasteiger charge is 2.24. The molecule has 4 N–H and O–H groups in total. The Kier molecular flexibility index (Phi) is 49.1. The number of hydrogen-bond donors (Lipinski definition) is 4. The number of carbonyl (C=O) groups is 1. The average Bonchev–Trinajstić information content (AvgIpc) is 3.25. The minimum atomic E-state index is -4.71. The maximum absolute atomic E-state index is 12.6. The van der Waals surface area contributed by atoms with Gasteiger partial charge >= 0.3 is 7.82 Å². The number of phosphoric acid groups is 1. The maximum atomic E-state index is 12.6. The van der Waals surface area contributed by atoms with Gasteiger partial charge < -0.3 is 20.2 Å². The van der Waals surface area contributed by atoms with Gasteiger partial charge in [0, 0.05) is 6.42 Å². The van der Waals surface area contributed by atoms with E-state index < -0.39 is 26.6 Å². The van der Waals surface area contributed by atoms with Crippen LogP contribution in [0.1, 0.15) is 309 Å². The summed E-state index contributed by atoms with van der Waals surface area (Å²) in [4.78, 5) is 31.0. The van der Waals surface area contributed by atoms with E-state index in [2.05, 4.69) is 23.7 Å². The van der Waals surface area contributed by atoms with E-state index in [9.17, 15) is 24.3 Å². The zero-order valence-corrected chi connectivity index (χ0v) is 42.5. The first-order valence-electron chi connectivity index (χ1n) is 27.6. The number of unbranched alkanes of at least 4 members (excludes halogenated alkanes) is 43. The molecule has 0 saturated carbocycles. The lowest BCUT2D eigenvalue weighted by Crippen LogP contribution is -2.45. The molecular weight excluding hydrogens is 790 g/mol. The zero-order valence-electron chi connectivity index (χ0n) is 41.6. The van der Waals surface area contributed by atoms with Gasteiger partial charge in [0.05, 0.1) is 18.8 Å². The molecule has 0 unspecified atom stereocenters. The van der Waals surface area contributed by atoms with Crippen molar-refractivity contribution in [3.05, 3.63) is 12.2 Å². The Bertz CT molecular complexity index is 973. The SMILES string of the molecule is CCCCCCCCCCCC/C=C/[C@@H](O)[C@H](COP(=O)(O)O)NC(=O)CCCCCCCCCCCCCCCCCCCCCCCCCCCCCCCCCCCC. The summed E-state index contributed by atoms with van der Waals surface area (Å²) in [5.41, 5.74) is 0. The van der Waals surface area contributed by atoms with Crippen molar-refractivity contribution in [2.75, 3.05) is 6.61 Å². The molecule has 0 aromatic heterocycles. The molecule has 0 bridgehead atoms. The highest BCUT2D eigenvalue weighted by atomic mass is 31.2. The van der Waals surface area contributed by atoms with E-state index in [4.69, 9.17) is 0 Å². The third-order valence-electron chi connectivity index (χ3n) is 13.0. The van der Waals surface area contributed by atoms with Gasteiger partial charge in [-0.15, -0.1) is 0 Å². The van der Waals surface area contributed by atoms with Crippen molar-refractivity contribution in [3.8, 4) is 0 Å². The molecule has 0 saturated heterocycles. The molecule has 62 heavy (non-hydrogen) atoms. The second-order valence-corrected chi connectivity index (χ2v) is 20.5. The van der Waals surface area contributed by atoms with E-state index in [1.54, 1.807) is 6.08 Å². The molecule has 0 aromatic carbocycles. The van der Waals surface area contributed by atoms with Gasteiger partial charge in [0.2, 0.25) is 5.91 Å². The smallest absolute Gasteiger partial charge is 0.387 e. The van der Waals surface area contributed by atoms with Crippen LogP contribution in [-0.2, 0) is 13.9 Å². The second kappa shape index (κ2) is 49.7. The Balaban J connectivity index is 3.60. The molecule has 0 aliphatic carbocycles. The van der Waals surface area contributed by atoms with Gasteiger partial charge in [0.1, 0.15) is 0 Å². The van der Waals surface area contributed by atoms with Crippen LogP contribution in [0, 0.1) is 0 Å². The highest BCUT2D eigenvalue weighted by molar-refractivity contribution is 7.46. The second-order valence-electron chi connectivity index (χ2n) is 19.3. The van der Waals surface area contributed by atoms with Crippen molar-refractivity contribution < 1.29 is 28.8 Å². The predicted octanol–water partition coefficient (Wildman–Crippen LogP) is 17.5. The Morgan fingerprint density at radius 1 is 0.452 bits per heavy atom. The van der Waals surface area contributed by atoms with Gasteiger partial charge in [-0.1, -0.05) is 296 Å². The highest BCUT2D eigenvalue weighted by Crippen LogP contribution is 2.36. The first-order chi connectivity index (χ1) is 30.3. The standard InChI is InChI=1S/C54H108NO6P/c1-3-5-7-9-11-13-15-17-18-19-20-21-22-23-24-25-26-27-28-29-30-31-32-33-34-35-36-37-38-40-42-44-46-48-50-54(57)55-52(51-61-62(58,59)60)53(56)49-47-45-43-41-39-16-14-12-10-8-6-4-2/h47,49,52-53,56H,3-46,48,50-51H2,1-2H3,(H,55,57)(H2,58,59,60)/b49-47+/t52-,53+/m0/s1. The van der Waals surface area contributed by atoms with Crippen LogP contribution >= 0.6 is 7.82 Å². The van der Waals surface area contributed by atoms with Crippen molar-refractivity contribution in [3.63, 3.8) is 0 Å². The topological polar surface area (TPSA) is 116 Å². The number of hydrogen-bond acceptors (Lipinski definition) is 4. The molecule has 0 radical (unpaired) electrons. The molecule has 8 heteroatoms. The summed E-state index contributed by atoms with van der Waals surface area (Å²) in [6, 6.07) is -0.905. The first-order valence-corrected chi connectivity index (χ1v) is 29.2. The lowest BCUT2D eigenvalue weighted by atomic mass is 10.0. The molecular formula is C54H108NO6P. The van der Waals surface area contributed by atoms with Crippen molar-refractivity contribution in [2.24, 2.45) is 0 Å². The molecule has 0 aliphatic rings. The number of aliphatic hydroxyl groups excluding tert-OH is 1. The number of allylic oxidation sites excluding steroid dienone is 1. The van der Waals surface area contributed by atoms with Gasteiger partial charge in [-0.05, 0) is 19.3 Å². The minimum Gasteiger partial charge on any atom is -0.387 e. The van der Waals surface area contributed by atoms with Crippen molar-refractivity contribution in [2.45, 2.75) is 321 Å². The average molecular weight is 898 g/mol. The fourth-order valence-corrected chi connectivity index (χ4v) is 9.17. The molecule has 0 aromatic rings. The molecule has 2 atom stereocenters. The van der Waals surface area contributed by atoms with E-state index in [-0.39, 0.29) is 5.91 Å². The van der Waals surface area contributed by atoms with Crippen LogP contribution < -0.4 is 5.32 Å². The molecule has 370 valence electrons. The van der Waals surface area contributed by atoms with Crippen molar-refractivity contribution in [1.82, 2.24) is 5.32 Å².